The van der Waals surface area contributed by atoms with E-state index in [2.05, 4.69) is 18.8 Å². The summed E-state index contributed by atoms with van der Waals surface area (Å²) in [6.07, 6.45) is 8.83. The Morgan fingerprint density at radius 2 is 1.76 bits per heavy atom. The van der Waals surface area contributed by atoms with Gasteiger partial charge in [-0.15, -0.1) is 0 Å². The molecule has 2 aromatic rings. The second kappa shape index (κ2) is 12.9. The zero-order valence-electron chi connectivity index (χ0n) is 26.2. The fourth-order valence-electron chi connectivity index (χ4n) is 6.41. The number of nitrogens with zero attached hydrogens (tertiary/aromatic N) is 2. The first-order valence-corrected chi connectivity index (χ1v) is 15.4. The predicted molar refractivity (Wildman–Crippen MR) is 165 cm³/mol. The maximum Gasteiger partial charge on any atom is 0.408 e. The van der Waals surface area contributed by atoms with Crippen LogP contribution in [0.15, 0.2) is 24.8 Å². The number of allylic oxidation sites excluding steroid dienone is 1. The van der Waals surface area contributed by atoms with Crippen molar-refractivity contribution in [1.29, 1.82) is 5.41 Å². The molecule has 2 aliphatic rings. The summed E-state index contributed by atoms with van der Waals surface area (Å²) in [6.45, 7) is 15.7. The minimum atomic E-state index is -0.817. The molecule has 7 nitrogen and oxygen atoms in total. The van der Waals surface area contributed by atoms with E-state index in [1.807, 2.05) is 34.6 Å². The van der Waals surface area contributed by atoms with Crippen LogP contribution in [0.1, 0.15) is 126 Å². The van der Waals surface area contributed by atoms with Gasteiger partial charge in [0.1, 0.15) is 34.5 Å². The van der Waals surface area contributed by atoms with Crippen molar-refractivity contribution >= 4 is 17.4 Å². The fourth-order valence-corrected chi connectivity index (χ4v) is 6.41. The summed E-state index contributed by atoms with van der Waals surface area (Å²) in [7, 11) is 0. The largest absolute Gasteiger partial charge is 0.484 e. The number of aryl methyl sites for hydroxylation is 2. The normalized spacial score (nSPS) is 20.8. The van der Waals surface area contributed by atoms with Crippen LogP contribution >= 0.6 is 0 Å². The first-order valence-electron chi connectivity index (χ1n) is 15.4. The molecular weight excluding hydrogens is 531 g/mol. The number of aromatic nitrogens is 2. The van der Waals surface area contributed by atoms with Crippen molar-refractivity contribution in [3.63, 3.8) is 0 Å². The average molecular weight is 579 g/mol. The zero-order valence-corrected chi connectivity index (χ0v) is 26.2. The van der Waals surface area contributed by atoms with Crippen LogP contribution in [0.25, 0.3) is 5.57 Å². The molecular formula is C34H47FN4O3. The molecule has 1 aliphatic heterocycles. The molecule has 1 aromatic heterocycles. The van der Waals surface area contributed by atoms with Gasteiger partial charge < -0.3 is 20.2 Å². The molecule has 228 valence electrons. The third-order valence-electron chi connectivity index (χ3n) is 8.41. The number of nitrogens with one attached hydrogen (secondary N) is 2. The molecule has 2 N–H and O–H groups in total. The molecule has 1 amide bonds. The monoisotopic (exact) mass is 578 g/mol. The number of carbonyl (C=O) groups excluding carboxylic acids is 1. The Balaban J connectivity index is 1.57. The molecule has 1 unspecified atom stereocenters. The number of hydrogen-bond donors (Lipinski definition) is 2. The molecule has 1 fully saturated rings. The number of ether oxygens (including phenoxy) is 2. The Hall–Kier alpha value is -3.29. The molecule has 1 aromatic carbocycles. The Bertz CT molecular complexity index is 1330. The van der Waals surface area contributed by atoms with Crippen molar-refractivity contribution in [3.05, 3.63) is 58.9 Å². The summed E-state index contributed by atoms with van der Waals surface area (Å²) in [5.74, 6) is 0.281. The van der Waals surface area contributed by atoms with Crippen molar-refractivity contribution in [1.82, 2.24) is 15.3 Å². The lowest BCUT2D eigenvalue weighted by molar-refractivity contribution is 0.0191. The van der Waals surface area contributed by atoms with Gasteiger partial charge in [-0.25, -0.2) is 19.2 Å². The molecule has 0 radical (unpaired) electrons. The number of rotatable bonds is 9. The van der Waals surface area contributed by atoms with Gasteiger partial charge in [-0.05, 0) is 78.4 Å². The molecule has 8 heteroatoms. The lowest BCUT2D eigenvalue weighted by Crippen LogP contribution is -2.47. The molecule has 1 saturated carbocycles. The van der Waals surface area contributed by atoms with Crippen LogP contribution in [0.4, 0.5) is 9.18 Å². The smallest absolute Gasteiger partial charge is 0.408 e. The quantitative estimate of drug-likeness (QED) is 0.229. The van der Waals surface area contributed by atoms with E-state index in [1.54, 1.807) is 6.07 Å². The summed E-state index contributed by atoms with van der Waals surface area (Å²) < 4.78 is 26.3. The van der Waals surface area contributed by atoms with E-state index >= 15 is 0 Å². The van der Waals surface area contributed by atoms with Crippen molar-refractivity contribution in [3.8, 4) is 5.75 Å². The number of alkyl carbamates (subject to hydrolysis) is 1. The Morgan fingerprint density at radius 1 is 1.12 bits per heavy atom. The number of amides is 1. The van der Waals surface area contributed by atoms with Crippen LogP contribution < -0.4 is 10.1 Å². The Labute approximate surface area is 250 Å². The number of benzene rings is 1. The van der Waals surface area contributed by atoms with E-state index in [-0.39, 0.29) is 5.92 Å². The topological polar surface area (TPSA) is 97.2 Å². The summed E-state index contributed by atoms with van der Waals surface area (Å²) in [6, 6.07) is 3.93. The highest BCUT2D eigenvalue weighted by atomic mass is 19.1. The third-order valence-corrected chi connectivity index (χ3v) is 8.41. The zero-order chi connectivity index (χ0) is 30.7. The first-order chi connectivity index (χ1) is 19.8. The van der Waals surface area contributed by atoms with E-state index in [9.17, 15) is 9.18 Å². The Kier molecular flexibility index (Phi) is 9.74. The summed E-state index contributed by atoms with van der Waals surface area (Å²) in [5.41, 5.74) is 3.59. The highest BCUT2D eigenvalue weighted by Gasteiger charge is 2.49. The van der Waals surface area contributed by atoms with E-state index in [1.165, 1.54) is 25.0 Å². The predicted octanol–water partition coefficient (Wildman–Crippen LogP) is 8.56. The van der Waals surface area contributed by atoms with Gasteiger partial charge in [0.15, 0.2) is 0 Å². The van der Waals surface area contributed by atoms with Crippen LogP contribution in [0.3, 0.4) is 0 Å². The summed E-state index contributed by atoms with van der Waals surface area (Å²) in [5, 5.41) is 11.9. The number of hydrogen-bond acceptors (Lipinski definition) is 6. The second-order valence-corrected chi connectivity index (χ2v) is 13.0. The van der Waals surface area contributed by atoms with E-state index in [0.29, 0.717) is 36.4 Å². The van der Waals surface area contributed by atoms with Crippen LogP contribution in [0, 0.1) is 31.0 Å². The van der Waals surface area contributed by atoms with Crippen molar-refractivity contribution in [2.45, 2.75) is 123 Å². The standard InChI is InChI=1S/C34H47FN4O3/c1-8-18-34(31(39-32(40)42-33(5,6)7)26-16-15-25(35)20-27(26)41-34)19-17-21(2)29-22(3)38-30(23(4)37-29)28(36)24-13-11-9-10-12-14-24/h15-16,20,24,31,36H,2,8-14,17-19H2,1,3-7H3,(H,39,40)/t31-,34?/m1/s1. The van der Waals surface area contributed by atoms with Gasteiger partial charge >= 0.3 is 6.09 Å². The molecule has 0 saturated heterocycles. The molecule has 42 heavy (non-hydrogen) atoms. The number of carbonyl (C=O) groups is 1. The van der Waals surface area contributed by atoms with Gasteiger partial charge in [0.2, 0.25) is 0 Å². The third kappa shape index (κ3) is 7.19. The SMILES string of the molecule is C=C(CCC1(CCC)Oc2cc(F)ccc2[C@H]1NC(=O)OC(C)(C)C)c1nc(C)c(C(=N)C2CCCCCC2)nc1C. The van der Waals surface area contributed by atoms with Gasteiger partial charge in [0, 0.05) is 17.5 Å². The Morgan fingerprint density at radius 3 is 2.40 bits per heavy atom. The van der Waals surface area contributed by atoms with Gasteiger partial charge in [-0.2, -0.15) is 0 Å². The second-order valence-electron chi connectivity index (χ2n) is 13.0. The van der Waals surface area contributed by atoms with Gasteiger partial charge in [-0.1, -0.05) is 51.7 Å². The summed E-state index contributed by atoms with van der Waals surface area (Å²) >= 11 is 0. The van der Waals surface area contributed by atoms with Crippen LogP contribution in [-0.4, -0.2) is 33.0 Å². The van der Waals surface area contributed by atoms with Crippen molar-refractivity contribution in [2.75, 3.05) is 0 Å². The molecule has 1 aliphatic carbocycles. The van der Waals surface area contributed by atoms with Gasteiger partial charge in [-0.3, -0.25) is 0 Å². The minimum Gasteiger partial charge on any atom is -0.484 e. The van der Waals surface area contributed by atoms with Crippen molar-refractivity contribution < 1.29 is 18.7 Å². The van der Waals surface area contributed by atoms with E-state index in [4.69, 9.17) is 24.9 Å². The van der Waals surface area contributed by atoms with Crippen molar-refractivity contribution in [2.24, 2.45) is 5.92 Å². The fraction of sp³-hybridized carbons (Fsp3) is 0.588. The average Bonchev–Trinajstić information content (AvgIpc) is 3.05. The maximum absolute atomic E-state index is 14.2. The minimum absolute atomic E-state index is 0.239. The first kappa shape index (κ1) is 31.6. The number of halogens is 1. The molecule has 0 spiro atoms. The highest BCUT2D eigenvalue weighted by Crippen LogP contribution is 2.49. The lowest BCUT2D eigenvalue weighted by Gasteiger charge is -2.36. The van der Waals surface area contributed by atoms with Gasteiger partial charge in [0.05, 0.1) is 22.8 Å². The summed E-state index contributed by atoms with van der Waals surface area (Å²) in [4.78, 5) is 22.7. The molecule has 4 rings (SSSR count). The van der Waals surface area contributed by atoms with E-state index in [0.717, 1.165) is 60.3 Å². The lowest BCUT2D eigenvalue weighted by atomic mass is 9.82. The van der Waals surface area contributed by atoms with E-state index < -0.39 is 29.2 Å². The van der Waals surface area contributed by atoms with Gasteiger partial charge in [0.25, 0.3) is 0 Å². The highest BCUT2D eigenvalue weighted by molar-refractivity contribution is 5.99. The van der Waals surface area contributed by atoms with Crippen LogP contribution in [0.5, 0.6) is 5.75 Å². The van der Waals surface area contributed by atoms with Crippen LogP contribution in [-0.2, 0) is 4.74 Å². The van der Waals surface area contributed by atoms with Crippen LogP contribution in [0.2, 0.25) is 0 Å². The molecule has 0 bridgehead atoms. The molecule has 2 heterocycles. The maximum atomic E-state index is 14.2. The number of fused-ring (bicyclic) bond motifs is 1. The molecule has 2 atom stereocenters.